The van der Waals surface area contributed by atoms with Gasteiger partial charge in [-0.15, -0.1) is 22.9 Å². The minimum atomic E-state index is -3.42. The first-order valence-corrected chi connectivity index (χ1v) is 7.00. The molecule has 14 heavy (non-hydrogen) atoms. The van der Waals surface area contributed by atoms with E-state index in [1.54, 1.807) is 13.0 Å². The van der Waals surface area contributed by atoms with Crippen LogP contribution in [0.4, 0.5) is 0 Å². The second-order valence-electron chi connectivity index (χ2n) is 2.61. The molecule has 1 heterocycles. The average molecular weight is 274 g/mol. The van der Waals surface area contributed by atoms with Crippen LogP contribution in [0.1, 0.15) is 5.56 Å². The van der Waals surface area contributed by atoms with Crippen LogP contribution in [0.25, 0.3) is 0 Å². The third kappa shape index (κ3) is 2.84. The molecule has 0 aliphatic rings. The van der Waals surface area contributed by atoms with Gasteiger partial charge < -0.3 is 0 Å². The van der Waals surface area contributed by atoms with Gasteiger partial charge in [0.15, 0.2) is 0 Å². The Hall–Kier alpha value is 0.190. The summed E-state index contributed by atoms with van der Waals surface area (Å²) in [6.45, 7) is 1.98. The van der Waals surface area contributed by atoms with E-state index in [1.165, 1.54) is 0 Å². The van der Waals surface area contributed by atoms with Crippen molar-refractivity contribution in [3.05, 3.63) is 16.0 Å². The van der Waals surface area contributed by atoms with Crippen LogP contribution >= 0.6 is 34.5 Å². The maximum Gasteiger partial charge on any atom is 0.250 e. The fourth-order valence-corrected chi connectivity index (χ4v) is 3.80. The summed E-state index contributed by atoms with van der Waals surface area (Å²) in [5.41, 5.74) is 0.767. The first kappa shape index (κ1) is 12.3. The minimum Gasteiger partial charge on any atom is -0.209 e. The molecular formula is C7H9Cl2NO2S2. The van der Waals surface area contributed by atoms with Crippen LogP contribution in [0, 0.1) is 6.92 Å². The molecule has 0 aliphatic carbocycles. The summed E-state index contributed by atoms with van der Waals surface area (Å²) in [5.74, 6) is 0.247. The number of nitrogens with one attached hydrogen (secondary N) is 1. The van der Waals surface area contributed by atoms with E-state index in [0.29, 0.717) is 4.34 Å². The van der Waals surface area contributed by atoms with Gasteiger partial charge in [-0.25, -0.2) is 13.1 Å². The highest BCUT2D eigenvalue weighted by atomic mass is 35.5. The van der Waals surface area contributed by atoms with Crippen molar-refractivity contribution in [2.24, 2.45) is 0 Å². The van der Waals surface area contributed by atoms with Crippen molar-refractivity contribution < 1.29 is 8.42 Å². The van der Waals surface area contributed by atoms with Crippen molar-refractivity contribution in [3.63, 3.8) is 0 Å². The van der Waals surface area contributed by atoms with E-state index in [-0.39, 0.29) is 16.6 Å². The van der Waals surface area contributed by atoms with Crippen LogP contribution in [-0.4, -0.2) is 20.8 Å². The molecule has 0 atom stereocenters. The number of aryl methyl sites for hydroxylation is 1. The van der Waals surface area contributed by atoms with Gasteiger partial charge in [0.25, 0.3) is 0 Å². The number of hydrogen-bond donors (Lipinski definition) is 1. The maximum absolute atomic E-state index is 11.5. The van der Waals surface area contributed by atoms with Gasteiger partial charge in [-0.2, -0.15) is 0 Å². The van der Waals surface area contributed by atoms with Gasteiger partial charge in [0.2, 0.25) is 10.0 Å². The fourth-order valence-electron chi connectivity index (χ4n) is 0.808. The SMILES string of the molecule is Cc1cc(S(=O)(=O)NCCCl)sc1Cl. The quantitative estimate of drug-likeness (QED) is 0.856. The molecule has 1 rings (SSSR count). The number of thiophene rings is 1. The summed E-state index contributed by atoms with van der Waals surface area (Å²) in [4.78, 5) is 0. The summed E-state index contributed by atoms with van der Waals surface area (Å²) < 4.78 is 26.2. The summed E-state index contributed by atoms with van der Waals surface area (Å²) in [5, 5.41) is 0. The minimum absolute atomic E-state index is 0.221. The smallest absolute Gasteiger partial charge is 0.209 e. The van der Waals surface area contributed by atoms with Crippen molar-refractivity contribution in [1.82, 2.24) is 4.72 Å². The van der Waals surface area contributed by atoms with Crippen molar-refractivity contribution >= 4 is 44.6 Å². The number of halogens is 2. The average Bonchev–Trinajstić information content (AvgIpc) is 2.45. The van der Waals surface area contributed by atoms with Crippen molar-refractivity contribution in [1.29, 1.82) is 0 Å². The summed E-state index contributed by atoms with van der Waals surface area (Å²) >= 11 is 12.2. The molecule has 3 nitrogen and oxygen atoms in total. The fraction of sp³-hybridized carbons (Fsp3) is 0.429. The molecule has 0 aliphatic heterocycles. The van der Waals surface area contributed by atoms with Crippen molar-refractivity contribution in [2.45, 2.75) is 11.1 Å². The number of hydrogen-bond acceptors (Lipinski definition) is 3. The highest BCUT2D eigenvalue weighted by Gasteiger charge is 2.17. The zero-order valence-electron chi connectivity index (χ0n) is 7.38. The largest absolute Gasteiger partial charge is 0.250 e. The molecular weight excluding hydrogens is 265 g/mol. The Morgan fingerprint density at radius 2 is 2.21 bits per heavy atom. The van der Waals surface area contributed by atoms with Crippen LogP contribution in [0.5, 0.6) is 0 Å². The molecule has 0 aromatic carbocycles. The highest BCUT2D eigenvalue weighted by Crippen LogP contribution is 2.29. The first-order chi connectivity index (χ1) is 6.47. The Bertz CT molecular complexity index is 394. The molecule has 0 unspecified atom stereocenters. The zero-order chi connectivity index (χ0) is 10.8. The van der Waals surface area contributed by atoms with Gasteiger partial charge in [0, 0.05) is 12.4 Å². The Kier molecular flexibility index (Phi) is 4.21. The van der Waals surface area contributed by atoms with E-state index >= 15 is 0 Å². The lowest BCUT2D eigenvalue weighted by atomic mass is 10.4. The molecule has 0 spiro atoms. The Morgan fingerprint density at radius 3 is 2.64 bits per heavy atom. The van der Waals surface area contributed by atoms with Crippen molar-refractivity contribution in [2.75, 3.05) is 12.4 Å². The number of rotatable bonds is 4. The van der Waals surface area contributed by atoms with Gasteiger partial charge >= 0.3 is 0 Å². The topological polar surface area (TPSA) is 46.2 Å². The lowest BCUT2D eigenvalue weighted by Gasteiger charge is -2.00. The number of sulfonamides is 1. The molecule has 0 saturated heterocycles. The van der Waals surface area contributed by atoms with Crippen LogP contribution in [0.15, 0.2) is 10.3 Å². The van der Waals surface area contributed by atoms with E-state index in [0.717, 1.165) is 16.9 Å². The molecule has 1 aromatic heterocycles. The molecule has 7 heteroatoms. The van der Waals surface area contributed by atoms with E-state index in [9.17, 15) is 8.42 Å². The molecule has 0 fully saturated rings. The Balaban J connectivity index is 2.93. The second kappa shape index (κ2) is 4.81. The van der Waals surface area contributed by atoms with Crippen LogP contribution < -0.4 is 4.72 Å². The molecule has 1 N–H and O–H groups in total. The molecule has 80 valence electrons. The van der Waals surface area contributed by atoms with E-state index < -0.39 is 10.0 Å². The highest BCUT2D eigenvalue weighted by molar-refractivity contribution is 7.91. The third-order valence-corrected chi connectivity index (χ3v) is 5.16. The van der Waals surface area contributed by atoms with Crippen LogP contribution in [-0.2, 0) is 10.0 Å². The third-order valence-electron chi connectivity index (χ3n) is 1.49. The van der Waals surface area contributed by atoms with Gasteiger partial charge in [0.1, 0.15) is 4.21 Å². The lowest BCUT2D eigenvalue weighted by molar-refractivity contribution is 0.586. The maximum atomic E-state index is 11.5. The zero-order valence-corrected chi connectivity index (χ0v) is 10.5. The van der Waals surface area contributed by atoms with Gasteiger partial charge in [-0.1, -0.05) is 11.6 Å². The first-order valence-electron chi connectivity index (χ1n) is 3.79. The number of alkyl halides is 1. The second-order valence-corrected chi connectivity index (χ2v) is 6.63. The van der Waals surface area contributed by atoms with Crippen LogP contribution in [0.3, 0.4) is 0 Å². The summed E-state index contributed by atoms with van der Waals surface area (Å²) in [6.07, 6.45) is 0. The van der Waals surface area contributed by atoms with E-state index in [2.05, 4.69) is 4.72 Å². The van der Waals surface area contributed by atoms with Crippen molar-refractivity contribution in [3.8, 4) is 0 Å². The van der Waals surface area contributed by atoms with Gasteiger partial charge in [-0.3, -0.25) is 0 Å². The Labute approximate surface area is 97.1 Å². The Morgan fingerprint density at radius 1 is 1.57 bits per heavy atom. The molecule has 0 radical (unpaired) electrons. The van der Waals surface area contributed by atoms with E-state index in [1.807, 2.05) is 0 Å². The monoisotopic (exact) mass is 273 g/mol. The normalized spacial score (nSPS) is 11.9. The van der Waals surface area contributed by atoms with Gasteiger partial charge in [-0.05, 0) is 18.6 Å². The predicted molar refractivity (Wildman–Crippen MR) is 60.0 cm³/mol. The molecule has 0 bridgehead atoms. The van der Waals surface area contributed by atoms with E-state index in [4.69, 9.17) is 23.2 Å². The van der Waals surface area contributed by atoms with Gasteiger partial charge in [0.05, 0.1) is 4.34 Å². The molecule has 0 amide bonds. The molecule has 1 aromatic rings. The summed E-state index contributed by atoms with van der Waals surface area (Å²) in [7, 11) is -3.42. The lowest BCUT2D eigenvalue weighted by Crippen LogP contribution is -2.24. The molecule has 0 saturated carbocycles. The summed E-state index contributed by atoms with van der Waals surface area (Å²) in [6, 6.07) is 1.55. The van der Waals surface area contributed by atoms with Crippen LogP contribution in [0.2, 0.25) is 4.34 Å². The standard InChI is InChI=1S/C7H9Cl2NO2S2/c1-5-4-6(13-7(5)9)14(11,12)10-3-2-8/h4,10H,2-3H2,1H3. The predicted octanol–water partition coefficient (Wildman–Crippen LogP) is 2.23.